The Labute approximate surface area is 181 Å². The number of amides is 1. The molecular weight excluding hydrogens is 396 g/mol. The zero-order valence-electron chi connectivity index (χ0n) is 17.6. The van der Waals surface area contributed by atoms with Gasteiger partial charge in [0, 0.05) is 19.6 Å². The van der Waals surface area contributed by atoms with E-state index >= 15 is 0 Å². The first-order valence-corrected chi connectivity index (χ1v) is 11.3. The molecule has 1 aliphatic heterocycles. The van der Waals surface area contributed by atoms with E-state index in [9.17, 15) is 4.79 Å². The molecule has 3 heterocycles. The van der Waals surface area contributed by atoms with Gasteiger partial charge in [-0.2, -0.15) is 5.10 Å². The summed E-state index contributed by atoms with van der Waals surface area (Å²) >= 11 is 1.63. The number of nitrogens with zero attached hydrogens (tertiary/aromatic N) is 3. The first-order valence-electron chi connectivity index (χ1n) is 10.4. The molecule has 6 nitrogen and oxygen atoms in total. The molecule has 0 atom stereocenters. The highest BCUT2D eigenvalue weighted by atomic mass is 32.1. The highest BCUT2D eigenvalue weighted by Gasteiger charge is 2.19. The van der Waals surface area contributed by atoms with Crippen molar-refractivity contribution in [2.45, 2.75) is 20.3 Å². The predicted octanol–water partition coefficient (Wildman–Crippen LogP) is 3.67. The van der Waals surface area contributed by atoms with Gasteiger partial charge >= 0.3 is 0 Å². The van der Waals surface area contributed by atoms with Crippen molar-refractivity contribution in [1.82, 2.24) is 20.0 Å². The summed E-state index contributed by atoms with van der Waals surface area (Å²) in [6.07, 6.45) is 0.918. The smallest absolute Gasteiger partial charge is 0.270 e. The summed E-state index contributed by atoms with van der Waals surface area (Å²) in [6.45, 7) is 9.27. The minimum Gasteiger partial charge on any atom is -0.379 e. The summed E-state index contributed by atoms with van der Waals surface area (Å²) in [5, 5.41) is 9.89. The van der Waals surface area contributed by atoms with Crippen LogP contribution in [0.5, 0.6) is 0 Å². The summed E-state index contributed by atoms with van der Waals surface area (Å²) < 4.78 is 7.17. The third-order valence-electron chi connectivity index (χ3n) is 5.34. The van der Waals surface area contributed by atoms with Crippen molar-refractivity contribution < 1.29 is 9.53 Å². The summed E-state index contributed by atoms with van der Waals surface area (Å²) in [6, 6.07) is 12.1. The van der Waals surface area contributed by atoms with Gasteiger partial charge in [0.05, 0.1) is 23.8 Å². The van der Waals surface area contributed by atoms with Gasteiger partial charge in [0.1, 0.15) is 11.4 Å². The Morgan fingerprint density at radius 3 is 2.77 bits per heavy atom. The number of hydrogen-bond acceptors (Lipinski definition) is 5. The molecule has 0 spiro atoms. The average Bonchev–Trinajstić information content (AvgIpc) is 3.42. The van der Waals surface area contributed by atoms with Crippen molar-refractivity contribution >= 4 is 17.2 Å². The van der Waals surface area contributed by atoms with E-state index in [1.165, 1.54) is 5.56 Å². The second-order valence-electron chi connectivity index (χ2n) is 7.66. The molecule has 0 saturated carbocycles. The summed E-state index contributed by atoms with van der Waals surface area (Å²) in [5.41, 5.74) is 4.61. The molecule has 1 saturated heterocycles. The SMILES string of the molecule is Cc1ccc(-n2nc(-c3cccs3)cc2C(=O)NCCCN2CCOCC2)c(C)c1. The Hall–Kier alpha value is -2.48. The van der Waals surface area contributed by atoms with Gasteiger partial charge in [0.2, 0.25) is 0 Å². The van der Waals surface area contributed by atoms with E-state index in [4.69, 9.17) is 9.84 Å². The van der Waals surface area contributed by atoms with Gasteiger partial charge in [-0.25, -0.2) is 4.68 Å². The monoisotopic (exact) mass is 424 g/mol. The molecule has 0 aliphatic carbocycles. The van der Waals surface area contributed by atoms with E-state index in [-0.39, 0.29) is 5.91 Å². The number of ether oxygens (including phenoxy) is 1. The minimum atomic E-state index is -0.0905. The maximum atomic E-state index is 13.0. The van der Waals surface area contributed by atoms with Crippen LogP contribution in [0.1, 0.15) is 28.0 Å². The minimum absolute atomic E-state index is 0.0905. The number of aromatic nitrogens is 2. The summed E-state index contributed by atoms with van der Waals surface area (Å²) in [5.74, 6) is -0.0905. The van der Waals surface area contributed by atoms with Crippen LogP contribution in [-0.4, -0.2) is 60.0 Å². The van der Waals surface area contributed by atoms with Crippen LogP contribution in [0, 0.1) is 13.8 Å². The molecule has 30 heavy (non-hydrogen) atoms. The topological polar surface area (TPSA) is 59.4 Å². The Balaban J connectivity index is 1.51. The Kier molecular flexibility index (Phi) is 6.62. The number of hydrogen-bond donors (Lipinski definition) is 1. The largest absolute Gasteiger partial charge is 0.379 e. The molecule has 1 amide bonds. The van der Waals surface area contributed by atoms with E-state index in [0.717, 1.165) is 61.1 Å². The van der Waals surface area contributed by atoms with E-state index in [0.29, 0.717) is 12.2 Å². The zero-order valence-corrected chi connectivity index (χ0v) is 18.4. The Morgan fingerprint density at radius 1 is 1.20 bits per heavy atom. The molecule has 1 N–H and O–H groups in total. The highest BCUT2D eigenvalue weighted by molar-refractivity contribution is 7.13. The van der Waals surface area contributed by atoms with Crippen LogP contribution in [0.4, 0.5) is 0 Å². The fourth-order valence-electron chi connectivity index (χ4n) is 3.73. The first-order chi connectivity index (χ1) is 14.6. The fraction of sp³-hybridized carbons (Fsp3) is 0.391. The van der Waals surface area contributed by atoms with Gasteiger partial charge in [0.15, 0.2) is 0 Å². The van der Waals surface area contributed by atoms with Crippen molar-refractivity contribution in [3.05, 3.63) is 58.6 Å². The molecular formula is C23H28N4O2S. The molecule has 0 radical (unpaired) electrons. The number of morpholine rings is 1. The van der Waals surface area contributed by atoms with Crippen molar-refractivity contribution in [1.29, 1.82) is 0 Å². The van der Waals surface area contributed by atoms with Crippen LogP contribution < -0.4 is 5.32 Å². The van der Waals surface area contributed by atoms with Gasteiger partial charge in [-0.05, 0) is 56.0 Å². The van der Waals surface area contributed by atoms with Crippen LogP contribution in [0.3, 0.4) is 0 Å². The average molecular weight is 425 g/mol. The summed E-state index contributed by atoms with van der Waals surface area (Å²) in [4.78, 5) is 16.5. The van der Waals surface area contributed by atoms with Crippen LogP contribution in [0.15, 0.2) is 41.8 Å². The van der Waals surface area contributed by atoms with Gasteiger partial charge < -0.3 is 10.1 Å². The number of thiophene rings is 1. The molecule has 158 valence electrons. The van der Waals surface area contributed by atoms with E-state index in [1.54, 1.807) is 16.0 Å². The number of carbonyl (C=O) groups excluding carboxylic acids is 1. The van der Waals surface area contributed by atoms with Gasteiger partial charge in [-0.3, -0.25) is 9.69 Å². The maximum Gasteiger partial charge on any atom is 0.270 e. The lowest BCUT2D eigenvalue weighted by Crippen LogP contribution is -2.38. The normalized spacial score (nSPS) is 14.7. The van der Waals surface area contributed by atoms with Crippen molar-refractivity contribution in [2.75, 3.05) is 39.4 Å². The predicted molar refractivity (Wildman–Crippen MR) is 121 cm³/mol. The van der Waals surface area contributed by atoms with Crippen molar-refractivity contribution in [2.24, 2.45) is 0 Å². The lowest BCUT2D eigenvalue weighted by atomic mass is 10.1. The Bertz CT molecular complexity index is 991. The van der Waals surface area contributed by atoms with Crippen LogP contribution in [0.25, 0.3) is 16.3 Å². The molecule has 0 bridgehead atoms. The van der Waals surface area contributed by atoms with Crippen LogP contribution in [0.2, 0.25) is 0 Å². The lowest BCUT2D eigenvalue weighted by molar-refractivity contribution is 0.0374. The number of carbonyl (C=O) groups is 1. The third-order valence-corrected chi connectivity index (χ3v) is 6.23. The molecule has 4 rings (SSSR count). The number of benzene rings is 1. The number of rotatable bonds is 7. The van der Waals surface area contributed by atoms with Crippen LogP contribution >= 0.6 is 11.3 Å². The molecule has 2 aromatic heterocycles. The number of nitrogens with one attached hydrogen (secondary N) is 1. The Morgan fingerprint density at radius 2 is 2.03 bits per heavy atom. The van der Waals surface area contributed by atoms with E-state index < -0.39 is 0 Å². The van der Waals surface area contributed by atoms with Gasteiger partial charge in [-0.1, -0.05) is 23.8 Å². The maximum absolute atomic E-state index is 13.0. The molecule has 1 fully saturated rings. The highest BCUT2D eigenvalue weighted by Crippen LogP contribution is 2.27. The van der Waals surface area contributed by atoms with E-state index in [2.05, 4.69) is 36.2 Å². The van der Waals surface area contributed by atoms with Crippen molar-refractivity contribution in [3.8, 4) is 16.3 Å². The second-order valence-corrected chi connectivity index (χ2v) is 8.61. The van der Waals surface area contributed by atoms with Gasteiger partial charge in [-0.15, -0.1) is 11.3 Å². The third kappa shape index (κ3) is 4.80. The summed E-state index contributed by atoms with van der Waals surface area (Å²) in [7, 11) is 0. The zero-order chi connectivity index (χ0) is 20.9. The molecule has 0 unspecified atom stereocenters. The van der Waals surface area contributed by atoms with E-state index in [1.807, 2.05) is 29.6 Å². The van der Waals surface area contributed by atoms with Crippen molar-refractivity contribution in [3.63, 3.8) is 0 Å². The fourth-order valence-corrected chi connectivity index (χ4v) is 4.42. The molecule has 7 heteroatoms. The molecule has 1 aromatic carbocycles. The van der Waals surface area contributed by atoms with Crippen LogP contribution in [-0.2, 0) is 4.74 Å². The molecule has 1 aliphatic rings. The second kappa shape index (κ2) is 9.55. The number of aryl methyl sites for hydroxylation is 2. The molecule has 3 aromatic rings. The first kappa shape index (κ1) is 20.8. The quantitative estimate of drug-likeness (QED) is 0.588. The van der Waals surface area contributed by atoms with Gasteiger partial charge in [0.25, 0.3) is 5.91 Å². The lowest BCUT2D eigenvalue weighted by Gasteiger charge is -2.26. The standard InChI is InChI=1S/C23H28N4O2S/c1-17-6-7-20(18(2)15-17)27-21(16-19(25-27)22-5-3-14-30-22)23(28)24-8-4-9-26-10-12-29-13-11-26/h3,5-7,14-16H,4,8-13H2,1-2H3,(H,24,28).